The van der Waals surface area contributed by atoms with E-state index in [1.54, 1.807) is 0 Å². The molecular formula is C123H84N2O. The van der Waals surface area contributed by atoms with Gasteiger partial charge >= 0.3 is 0 Å². The Morgan fingerprint density at radius 3 is 1.37 bits per heavy atom. The van der Waals surface area contributed by atoms with Gasteiger partial charge in [0, 0.05) is 62.8 Å². The maximum absolute atomic E-state index is 6.56. The molecule has 0 saturated carbocycles. The van der Waals surface area contributed by atoms with Crippen molar-refractivity contribution in [2.75, 3.05) is 9.80 Å². The van der Waals surface area contributed by atoms with Crippen LogP contribution in [0.25, 0.3) is 133 Å². The van der Waals surface area contributed by atoms with Crippen molar-refractivity contribution in [1.29, 1.82) is 0 Å². The van der Waals surface area contributed by atoms with Gasteiger partial charge in [-0.3, -0.25) is 0 Å². The number of rotatable bonds is 14. The number of hydrogen-bond acceptors (Lipinski definition) is 3. The zero-order valence-electron chi connectivity index (χ0n) is 69.6. The van der Waals surface area contributed by atoms with Gasteiger partial charge in [-0.1, -0.05) is 365 Å². The summed E-state index contributed by atoms with van der Waals surface area (Å²) in [5, 5.41) is 2.22. The molecule has 6 aliphatic rings. The summed E-state index contributed by atoms with van der Waals surface area (Å²) in [5.74, 6) is 0.807. The number of nitrogens with zero attached hydrogens (tertiary/aromatic N) is 2. The van der Waals surface area contributed by atoms with Crippen LogP contribution in [-0.4, -0.2) is 0 Å². The highest BCUT2D eigenvalue weighted by Crippen LogP contribution is 2.68. The van der Waals surface area contributed by atoms with E-state index in [1.165, 1.54) is 150 Å². The molecular weight excluding hydrogens is 1520 g/mol. The quantitative estimate of drug-likeness (QED) is 0.108. The SMILES string of the molecule is CC1C=C(c2cccc3c2-c2ccccc2C32c3ccc(-c4cccc(-c5ccc(N(c6ccc(C7=CC8C(C=C7)c7ccccc7C87c8ccccc8-c8c(-c9ccccc9)cccc87)cc6)c6ccc(-c7ccccc7)cc6)cc5)c4)cc3-c3ccc(-c4ccc(N(c5ccc(-c6ccccc6)cc5)c5ccc6c(c5)oc5ccccc56)cc4)cc32)C=CC1. The summed E-state index contributed by atoms with van der Waals surface area (Å²) in [5.41, 5.74) is 45.0. The first-order chi connectivity index (χ1) is 62.3. The molecule has 5 atom stereocenters. The van der Waals surface area contributed by atoms with Gasteiger partial charge < -0.3 is 14.2 Å². The highest BCUT2D eigenvalue weighted by molar-refractivity contribution is 6.07. The van der Waals surface area contributed by atoms with Crippen molar-refractivity contribution in [3.05, 3.63) is 517 Å². The molecule has 5 unspecified atom stereocenters. The zero-order chi connectivity index (χ0) is 83.1. The van der Waals surface area contributed by atoms with Crippen molar-refractivity contribution in [2.24, 2.45) is 11.8 Å². The molecule has 18 aromatic carbocycles. The summed E-state index contributed by atoms with van der Waals surface area (Å²) < 4.78 is 6.56. The molecule has 25 rings (SSSR count). The molecule has 1 aromatic heterocycles. The highest BCUT2D eigenvalue weighted by Gasteiger charge is 2.58. The number of furan rings is 1. The number of fused-ring (bicyclic) bond motifs is 23. The van der Waals surface area contributed by atoms with E-state index in [-0.39, 0.29) is 17.3 Å². The minimum atomic E-state index is -0.611. The molecule has 0 fully saturated rings. The van der Waals surface area contributed by atoms with Crippen LogP contribution < -0.4 is 9.80 Å². The van der Waals surface area contributed by atoms with Gasteiger partial charge in [0.1, 0.15) is 11.2 Å². The van der Waals surface area contributed by atoms with E-state index in [4.69, 9.17) is 4.42 Å². The summed E-state index contributed by atoms with van der Waals surface area (Å²) in [6.45, 7) is 2.34. The van der Waals surface area contributed by atoms with Gasteiger partial charge in [-0.15, -0.1) is 0 Å². The number of hydrogen-bond donors (Lipinski definition) is 0. The average Bonchev–Trinajstić information content (AvgIpc) is 1.50. The van der Waals surface area contributed by atoms with Crippen molar-refractivity contribution in [1.82, 2.24) is 0 Å². The summed E-state index contributed by atoms with van der Waals surface area (Å²) in [7, 11) is 0. The van der Waals surface area contributed by atoms with Crippen LogP contribution in [0.5, 0.6) is 0 Å². The molecule has 19 aromatic rings. The van der Waals surface area contributed by atoms with E-state index in [2.05, 4.69) is 472 Å². The van der Waals surface area contributed by atoms with Gasteiger partial charge in [-0.05, 0) is 276 Å². The molecule has 3 nitrogen and oxygen atoms in total. The topological polar surface area (TPSA) is 19.6 Å². The number of anilines is 6. The van der Waals surface area contributed by atoms with Crippen molar-refractivity contribution in [2.45, 2.75) is 30.1 Å². The minimum Gasteiger partial charge on any atom is -0.456 e. The Balaban J connectivity index is 0.566. The predicted octanol–water partition coefficient (Wildman–Crippen LogP) is 32.5. The third-order valence-electron chi connectivity index (χ3n) is 28.1. The molecule has 0 saturated heterocycles. The molecule has 0 amide bonds. The van der Waals surface area contributed by atoms with Crippen molar-refractivity contribution in [3.63, 3.8) is 0 Å². The van der Waals surface area contributed by atoms with Crippen LogP contribution in [0.15, 0.2) is 466 Å². The fourth-order valence-corrected chi connectivity index (χ4v) is 22.5. The fraction of sp³-hybridized carbons (Fsp3) is 0.0569. The number of allylic oxidation sites excluding steroid dienone is 8. The molecule has 3 heteroatoms. The first-order valence-corrected chi connectivity index (χ1v) is 44.3. The van der Waals surface area contributed by atoms with E-state index in [1.807, 2.05) is 6.07 Å². The van der Waals surface area contributed by atoms with Gasteiger partial charge in [-0.25, -0.2) is 0 Å². The molecule has 0 N–H and O–H groups in total. The van der Waals surface area contributed by atoms with Crippen LogP contribution in [0.4, 0.5) is 34.1 Å². The van der Waals surface area contributed by atoms with E-state index in [9.17, 15) is 0 Å². The van der Waals surface area contributed by atoms with Crippen LogP contribution in [0.3, 0.4) is 0 Å². The average molecular weight is 1610 g/mol. The van der Waals surface area contributed by atoms with Crippen molar-refractivity contribution >= 4 is 67.2 Å². The van der Waals surface area contributed by atoms with Gasteiger partial charge in [0.2, 0.25) is 0 Å². The normalized spacial score (nSPS) is 17.4. The summed E-state index contributed by atoms with van der Waals surface area (Å²) >= 11 is 0. The second-order valence-corrected chi connectivity index (χ2v) is 34.8. The summed E-state index contributed by atoms with van der Waals surface area (Å²) in [6, 6.07) is 159. The largest absolute Gasteiger partial charge is 0.456 e. The first kappa shape index (κ1) is 73.1. The lowest BCUT2D eigenvalue weighted by Crippen LogP contribution is -2.33. The Morgan fingerprint density at radius 1 is 0.262 bits per heavy atom. The molecule has 6 aliphatic carbocycles. The predicted molar refractivity (Wildman–Crippen MR) is 524 cm³/mol. The van der Waals surface area contributed by atoms with E-state index in [0.29, 0.717) is 5.92 Å². The number of para-hydroxylation sites is 1. The van der Waals surface area contributed by atoms with Crippen LogP contribution >= 0.6 is 0 Å². The zero-order valence-corrected chi connectivity index (χ0v) is 69.6. The maximum atomic E-state index is 6.56. The smallest absolute Gasteiger partial charge is 0.137 e. The Bertz CT molecular complexity index is 7720. The second kappa shape index (κ2) is 29.3. The van der Waals surface area contributed by atoms with Gasteiger partial charge in [0.25, 0.3) is 0 Å². The van der Waals surface area contributed by atoms with E-state index in [0.717, 1.165) is 79.2 Å². The first-order valence-electron chi connectivity index (χ1n) is 44.3. The fourth-order valence-electron chi connectivity index (χ4n) is 22.5. The lowest BCUT2D eigenvalue weighted by Gasteiger charge is -2.37. The lowest BCUT2D eigenvalue weighted by molar-refractivity contribution is 0.467. The van der Waals surface area contributed by atoms with Crippen molar-refractivity contribution < 1.29 is 4.42 Å². The molecule has 2 spiro atoms. The third-order valence-corrected chi connectivity index (χ3v) is 28.1. The maximum Gasteiger partial charge on any atom is 0.137 e. The molecule has 0 aliphatic heterocycles. The molecule has 0 radical (unpaired) electrons. The van der Waals surface area contributed by atoms with Gasteiger partial charge in [-0.2, -0.15) is 0 Å². The Hall–Kier alpha value is -15.7. The van der Waals surface area contributed by atoms with E-state index >= 15 is 0 Å². The third kappa shape index (κ3) is 11.4. The highest BCUT2D eigenvalue weighted by atomic mass is 16.3. The molecule has 1 heterocycles. The Kier molecular flexibility index (Phi) is 17.0. The Morgan fingerprint density at radius 2 is 0.706 bits per heavy atom. The molecule has 0 bridgehead atoms. The number of benzene rings is 18. The van der Waals surface area contributed by atoms with Crippen LogP contribution in [0, 0.1) is 11.8 Å². The van der Waals surface area contributed by atoms with Crippen molar-refractivity contribution in [3.8, 4) is 100 Å². The van der Waals surface area contributed by atoms with Gasteiger partial charge in [0.15, 0.2) is 0 Å². The lowest BCUT2D eigenvalue weighted by atomic mass is 9.64. The van der Waals surface area contributed by atoms with Crippen LogP contribution in [-0.2, 0) is 10.8 Å². The van der Waals surface area contributed by atoms with Gasteiger partial charge in [0.05, 0.1) is 10.8 Å². The molecule has 126 heavy (non-hydrogen) atoms. The second-order valence-electron chi connectivity index (χ2n) is 34.8. The van der Waals surface area contributed by atoms with Crippen LogP contribution in [0.1, 0.15) is 74.9 Å². The van der Waals surface area contributed by atoms with E-state index < -0.39 is 5.41 Å². The Labute approximate surface area is 735 Å². The van der Waals surface area contributed by atoms with Crippen LogP contribution in [0.2, 0.25) is 0 Å². The standard InChI is InChI=1S/C123H84N2O/c1-79-23-19-32-93(73-79)101-38-22-43-115-121(101)108-36-13-17-41-112(108)123(115)113-72-57-90(75-109(113)104-70-56-92(77-117(104)123)86-53-66-98(67-54-86)125(97-60-47-83(48-61-97)81-26-7-3-8-27-81)99-68-71-106-105-34-14-18-44-118(105)126-119(106)78-99)89-31-20-30-88(74-89)84-49-62-95(63-50-84)124(94-58-45-82(46-59-94)80-24-5-2-6-25-80)96-64-51-85(52-65-96)91-55-69-103-102-33-11-15-39-110(102)122(116(103)76-91)111-40-16-12-35-107(111)120-100(37-21-42-114(120)122)87-28-9-4-10-29-87/h2-22,24-79,103,116H,23H2,1H3. The summed E-state index contributed by atoms with van der Waals surface area (Å²) in [6.07, 6.45) is 15.8. The monoisotopic (exact) mass is 1600 g/mol. The summed E-state index contributed by atoms with van der Waals surface area (Å²) in [4.78, 5) is 4.76. The minimum absolute atomic E-state index is 0.149. The molecule has 592 valence electrons.